The van der Waals surface area contributed by atoms with Crippen LogP contribution in [0.4, 0.5) is 5.69 Å². The van der Waals surface area contributed by atoms with Crippen LogP contribution in [-0.4, -0.2) is 4.57 Å². The molecule has 0 bridgehead atoms. The molecule has 0 amide bonds. The maximum Gasteiger partial charge on any atom is 0.190 e. The number of aromatic nitrogens is 1. The van der Waals surface area contributed by atoms with Crippen molar-refractivity contribution in [1.82, 2.24) is 4.57 Å². The summed E-state index contributed by atoms with van der Waals surface area (Å²) in [4.78, 5) is 5.94. The topological polar surface area (TPSA) is 17.3 Å². The number of benzene rings is 3. The van der Waals surface area contributed by atoms with Crippen molar-refractivity contribution in [3.05, 3.63) is 105 Å². The van der Waals surface area contributed by atoms with E-state index in [1.165, 1.54) is 16.8 Å². The summed E-state index contributed by atoms with van der Waals surface area (Å²) in [5.74, 6) is 0. The standard InChI is InChI=1S/C24H21ClN2S/c1-18-6-5-9-22(16-18)26-24-27(15-14-19-7-3-2-4-8-19)23(17-28-24)20-10-12-21(25)13-11-20/h2-13,16-17H,14-15H2,1H3. The molecule has 1 aromatic heterocycles. The van der Waals surface area contributed by atoms with Crippen LogP contribution in [0, 0.1) is 6.92 Å². The summed E-state index contributed by atoms with van der Waals surface area (Å²) in [5.41, 5.74) is 5.85. The van der Waals surface area contributed by atoms with Crippen molar-refractivity contribution in [1.29, 1.82) is 0 Å². The molecule has 0 fully saturated rings. The highest BCUT2D eigenvalue weighted by Gasteiger charge is 2.09. The van der Waals surface area contributed by atoms with Crippen molar-refractivity contribution in [2.75, 3.05) is 0 Å². The number of nitrogens with zero attached hydrogens (tertiary/aromatic N) is 2. The Bertz CT molecular complexity index is 1130. The van der Waals surface area contributed by atoms with Gasteiger partial charge in [0.05, 0.1) is 11.4 Å². The number of hydrogen-bond acceptors (Lipinski definition) is 2. The van der Waals surface area contributed by atoms with Gasteiger partial charge < -0.3 is 4.57 Å². The van der Waals surface area contributed by atoms with E-state index in [9.17, 15) is 0 Å². The first-order valence-corrected chi connectivity index (χ1v) is 10.5. The summed E-state index contributed by atoms with van der Waals surface area (Å²) in [6.07, 6.45) is 0.958. The first-order valence-electron chi connectivity index (χ1n) is 9.29. The molecule has 0 aliphatic carbocycles. The van der Waals surface area contributed by atoms with Crippen LogP contribution in [-0.2, 0) is 13.0 Å². The van der Waals surface area contributed by atoms with E-state index in [0.29, 0.717) is 0 Å². The molecule has 3 aromatic carbocycles. The Balaban J connectivity index is 1.76. The SMILES string of the molecule is Cc1cccc(N=c2scc(-c3ccc(Cl)cc3)n2CCc2ccccc2)c1. The average molecular weight is 405 g/mol. The van der Waals surface area contributed by atoms with E-state index in [-0.39, 0.29) is 0 Å². The maximum atomic E-state index is 6.08. The molecule has 0 saturated carbocycles. The zero-order chi connectivity index (χ0) is 19.3. The van der Waals surface area contributed by atoms with Gasteiger partial charge in [-0.1, -0.05) is 66.2 Å². The quantitative estimate of drug-likeness (QED) is 0.354. The second-order valence-electron chi connectivity index (χ2n) is 6.75. The van der Waals surface area contributed by atoms with Crippen LogP contribution in [0.1, 0.15) is 11.1 Å². The Morgan fingerprint density at radius 1 is 0.929 bits per heavy atom. The van der Waals surface area contributed by atoms with Gasteiger partial charge in [0.1, 0.15) is 0 Å². The Morgan fingerprint density at radius 3 is 2.46 bits per heavy atom. The monoisotopic (exact) mass is 404 g/mol. The molecule has 0 radical (unpaired) electrons. The number of hydrogen-bond donors (Lipinski definition) is 0. The maximum absolute atomic E-state index is 6.08. The molecule has 28 heavy (non-hydrogen) atoms. The normalized spacial score (nSPS) is 11.7. The first kappa shape index (κ1) is 18.7. The van der Waals surface area contributed by atoms with E-state index in [1.54, 1.807) is 11.3 Å². The van der Waals surface area contributed by atoms with Crippen molar-refractivity contribution in [3.63, 3.8) is 0 Å². The molecule has 0 atom stereocenters. The van der Waals surface area contributed by atoms with Crippen LogP contribution in [0.2, 0.25) is 5.02 Å². The molecule has 0 aliphatic heterocycles. The summed E-state index contributed by atoms with van der Waals surface area (Å²) in [7, 11) is 0. The lowest BCUT2D eigenvalue weighted by atomic mass is 10.1. The van der Waals surface area contributed by atoms with Crippen molar-refractivity contribution in [3.8, 4) is 11.3 Å². The van der Waals surface area contributed by atoms with Gasteiger partial charge >= 0.3 is 0 Å². The minimum absolute atomic E-state index is 0.750. The largest absolute Gasteiger partial charge is 0.316 e. The van der Waals surface area contributed by atoms with Crippen LogP contribution < -0.4 is 4.80 Å². The van der Waals surface area contributed by atoms with E-state index in [1.807, 2.05) is 12.1 Å². The molecule has 140 valence electrons. The smallest absolute Gasteiger partial charge is 0.190 e. The third kappa shape index (κ3) is 4.44. The van der Waals surface area contributed by atoms with Crippen LogP contribution in [0.5, 0.6) is 0 Å². The van der Waals surface area contributed by atoms with Gasteiger partial charge in [-0.25, -0.2) is 4.99 Å². The highest BCUT2D eigenvalue weighted by molar-refractivity contribution is 7.07. The van der Waals surface area contributed by atoms with E-state index in [2.05, 4.69) is 83.6 Å². The molecule has 4 heteroatoms. The zero-order valence-corrected chi connectivity index (χ0v) is 17.3. The summed E-state index contributed by atoms with van der Waals surface area (Å²) < 4.78 is 2.31. The minimum atomic E-state index is 0.750. The third-order valence-corrected chi connectivity index (χ3v) is 5.75. The molecule has 4 rings (SSSR count). The lowest BCUT2D eigenvalue weighted by Gasteiger charge is -2.10. The summed E-state index contributed by atoms with van der Waals surface area (Å²) in [6, 6.07) is 26.9. The predicted molar refractivity (Wildman–Crippen MR) is 119 cm³/mol. The van der Waals surface area contributed by atoms with Gasteiger partial charge in [-0.2, -0.15) is 0 Å². The summed E-state index contributed by atoms with van der Waals surface area (Å²) in [5, 5.41) is 2.93. The fourth-order valence-electron chi connectivity index (χ4n) is 3.18. The van der Waals surface area contributed by atoms with Crippen molar-refractivity contribution in [2.45, 2.75) is 19.9 Å². The molecule has 0 saturated heterocycles. The zero-order valence-electron chi connectivity index (χ0n) is 15.7. The molecule has 0 aliphatic rings. The number of halogens is 1. The van der Waals surface area contributed by atoms with Crippen LogP contribution in [0.3, 0.4) is 0 Å². The Hall–Kier alpha value is -2.62. The van der Waals surface area contributed by atoms with E-state index in [4.69, 9.17) is 16.6 Å². The lowest BCUT2D eigenvalue weighted by molar-refractivity contribution is 0.684. The Morgan fingerprint density at radius 2 is 1.71 bits per heavy atom. The first-order chi connectivity index (χ1) is 13.7. The average Bonchev–Trinajstić information content (AvgIpc) is 3.10. The number of aryl methyl sites for hydroxylation is 2. The van der Waals surface area contributed by atoms with Gasteiger partial charge in [-0.3, -0.25) is 0 Å². The molecule has 1 heterocycles. The Kier molecular flexibility index (Phi) is 5.75. The molecular formula is C24H21ClN2S. The predicted octanol–water partition coefficient (Wildman–Crippen LogP) is 6.65. The van der Waals surface area contributed by atoms with Gasteiger partial charge in [-0.05, 0) is 54.3 Å². The van der Waals surface area contributed by atoms with Crippen molar-refractivity contribution >= 4 is 28.6 Å². The second-order valence-corrected chi connectivity index (χ2v) is 8.02. The van der Waals surface area contributed by atoms with E-state index >= 15 is 0 Å². The minimum Gasteiger partial charge on any atom is -0.316 e. The molecule has 0 spiro atoms. The van der Waals surface area contributed by atoms with Gasteiger partial charge in [0.15, 0.2) is 4.80 Å². The van der Waals surface area contributed by atoms with Gasteiger partial charge in [0, 0.05) is 16.9 Å². The number of rotatable bonds is 5. The molecule has 4 aromatic rings. The van der Waals surface area contributed by atoms with Crippen LogP contribution in [0.15, 0.2) is 89.2 Å². The van der Waals surface area contributed by atoms with Crippen LogP contribution in [0.25, 0.3) is 11.3 Å². The van der Waals surface area contributed by atoms with Crippen LogP contribution >= 0.6 is 22.9 Å². The van der Waals surface area contributed by atoms with Crippen molar-refractivity contribution < 1.29 is 0 Å². The fourth-order valence-corrected chi connectivity index (χ4v) is 4.26. The molecule has 2 nitrogen and oxygen atoms in total. The highest BCUT2D eigenvalue weighted by Crippen LogP contribution is 2.23. The fraction of sp³-hybridized carbons (Fsp3) is 0.125. The van der Waals surface area contributed by atoms with Gasteiger partial charge in [0.25, 0.3) is 0 Å². The highest BCUT2D eigenvalue weighted by atomic mass is 35.5. The molecule has 0 N–H and O–H groups in total. The van der Waals surface area contributed by atoms with Gasteiger partial charge in [-0.15, -0.1) is 11.3 Å². The van der Waals surface area contributed by atoms with Crippen molar-refractivity contribution in [2.24, 2.45) is 4.99 Å². The van der Waals surface area contributed by atoms with E-state index < -0.39 is 0 Å². The number of thiazole rings is 1. The molecule has 0 unspecified atom stereocenters. The lowest BCUT2D eigenvalue weighted by Crippen LogP contribution is -2.17. The molecular weight excluding hydrogens is 384 g/mol. The van der Waals surface area contributed by atoms with Gasteiger partial charge in [0.2, 0.25) is 0 Å². The summed E-state index contributed by atoms with van der Waals surface area (Å²) >= 11 is 7.76. The third-order valence-electron chi connectivity index (χ3n) is 4.63. The Labute approximate surface area is 174 Å². The summed E-state index contributed by atoms with van der Waals surface area (Å²) in [6.45, 7) is 2.96. The van der Waals surface area contributed by atoms with E-state index in [0.717, 1.165) is 34.0 Å². The second kappa shape index (κ2) is 8.59.